The number of nitrogens with zero attached hydrogens (tertiary/aromatic N) is 2. The van der Waals surface area contributed by atoms with Crippen molar-refractivity contribution >= 4 is 29.7 Å². The van der Waals surface area contributed by atoms with E-state index in [-0.39, 0.29) is 5.91 Å². The third kappa shape index (κ3) is 4.39. The van der Waals surface area contributed by atoms with Gasteiger partial charge in [0.25, 0.3) is 5.91 Å². The van der Waals surface area contributed by atoms with E-state index in [9.17, 15) is 9.59 Å². The van der Waals surface area contributed by atoms with Gasteiger partial charge in [0.2, 0.25) is 0 Å². The Hall–Kier alpha value is -3.45. The van der Waals surface area contributed by atoms with Crippen LogP contribution in [0.25, 0.3) is 11.3 Å². The summed E-state index contributed by atoms with van der Waals surface area (Å²) in [6, 6.07) is 11.4. The average molecular weight is 384 g/mol. The Morgan fingerprint density at radius 1 is 1.22 bits per heavy atom. The summed E-state index contributed by atoms with van der Waals surface area (Å²) < 4.78 is 10.4. The summed E-state index contributed by atoms with van der Waals surface area (Å²) in [7, 11) is 1.30. The van der Waals surface area contributed by atoms with E-state index in [1.54, 1.807) is 48.7 Å². The zero-order valence-electron chi connectivity index (χ0n) is 14.2. The number of hydrogen-bond donors (Lipinski definition) is 1. The van der Waals surface area contributed by atoms with Crippen LogP contribution in [0.5, 0.6) is 0 Å². The number of pyridine rings is 1. The van der Waals surface area contributed by atoms with Gasteiger partial charge in [0.1, 0.15) is 11.5 Å². The maximum atomic E-state index is 11.9. The Morgan fingerprint density at radius 2 is 2.07 bits per heavy atom. The van der Waals surface area contributed by atoms with Gasteiger partial charge in [0.15, 0.2) is 0 Å². The highest BCUT2D eigenvalue weighted by Gasteiger charge is 2.13. The first kappa shape index (κ1) is 18.3. The highest BCUT2D eigenvalue weighted by molar-refractivity contribution is 6.33. The van der Waals surface area contributed by atoms with Gasteiger partial charge < -0.3 is 9.15 Å². The maximum absolute atomic E-state index is 11.9. The monoisotopic (exact) mass is 383 g/mol. The van der Waals surface area contributed by atoms with Gasteiger partial charge in [-0.2, -0.15) is 5.10 Å². The standard InChI is InChI=1S/C19H14ClN3O4/c1-26-19(25)12-4-6-16(20)15(9-12)17-7-5-14(27-17)11-22-23-18(24)13-3-2-8-21-10-13/h2-11H,1H3,(H,23,24)/b22-11+. The van der Waals surface area contributed by atoms with E-state index in [0.717, 1.165) is 0 Å². The molecule has 2 heterocycles. The van der Waals surface area contributed by atoms with Crippen LogP contribution in [0.4, 0.5) is 0 Å². The number of benzene rings is 1. The summed E-state index contributed by atoms with van der Waals surface area (Å²) in [4.78, 5) is 27.4. The molecule has 27 heavy (non-hydrogen) atoms. The van der Waals surface area contributed by atoms with Gasteiger partial charge >= 0.3 is 5.97 Å². The number of carbonyl (C=O) groups is 2. The second-order valence-electron chi connectivity index (χ2n) is 5.33. The number of methoxy groups -OCH3 is 1. The number of esters is 1. The maximum Gasteiger partial charge on any atom is 0.337 e. The van der Waals surface area contributed by atoms with E-state index >= 15 is 0 Å². The van der Waals surface area contributed by atoms with Gasteiger partial charge in [-0.1, -0.05) is 11.6 Å². The molecule has 3 rings (SSSR count). The van der Waals surface area contributed by atoms with Crippen molar-refractivity contribution in [1.82, 2.24) is 10.4 Å². The van der Waals surface area contributed by atoms with Crippen LogP contribution < -0.4 is 5.43 Å². The Kier molecular flexibility index (Phi) is 5.63. The highest BCUT2D eigenvalue weighted by atomic mass is 35.5. The number of hydrazone groups is 1. The lowest BCUT2D eigenvalue weighted by molar-refractivity contribution is 0.0600. The molecule has 0 atom stereocenters. The zero-order valence-corrected chi connectivity index (χ0v) is 14.9. The van der Waals surface area contributed by atoms with E-state index in [0.29, 0.717) is 33.2 Å². The normalized spacial score (nSPS) is 10.7. The number of ether oxygens (including phenoxy) is 1. The number of nitrogens with one attached hydrogen (secondary N) is 1. The van der Waals surface area contributed by atoms with Crippen molar-refractivity contribution in [2.75, 3.05) is 7.11 Å². The van der Waals surface area contributed by atoms with E-state index in [2.05, 4.69) is 15.5 Å². The van der Waals surface area contributed by atoms with Gasteiger partial charge in [-0.25, -0.2) is 10.2 Å². The minimum absolute atomic E-state index is 0.354. The lowest BCUT2D eigenvalue weighted by atomic mass is 10.1. The Morgan fingerprint density at radius 3 is 2.81 bits per heavy atom. The molecule has 0 saturated heterocycles. The molecule has 136 valence electrons. The second-order valence-corrected chi connectivity index (χ2v) is 5.74. The molecule has 0 aliphatic rings. The third-order valence-electron chi connectivity index (χ3n) is 3.56. The van der Waals surface area contributed by atoms with Crippen LogP contribution in [0.1, 0.15) is 26.5 Å². The van der Waals surface area contributed by atoms with Crippen LogP contribution in [0.3, 0.4) is 0 Å². The zero-order chi connectivity index (χ0) is 19.2. The minimum atomic E-state index is -0.473. The molecule has 0 spiro atoms. The number of carbonyl (C=O) groups excluding carboxylic acids is 2. The fourth-order valence-corrected chi connectivity index (χ4v) is 2.45. The molecular weight excluding hydrogens is 370 g/mol. The second kappa shape index (κ2) is 8.29. The summed E-state index contributed by atoms with van der Waals surface area (Å²) in [5, 5.41) is 4.27. The Balaban J connectivity index is 1.73. The quantitative estimate of drug-likeness (QED) is 0.413. The largest absolute Gasteiger partial charge is 0.465 e. The van der Waals surface area contributed by atoms with Crippen LogP contribution in [-0.2, 0) is 4.74 Å². The van der Waals surface area contributed by atoms with Crippen LogP contribution in [-0.4, -0.2) is 30.2 Å². The number of hydrogen-bond acceptors (Lipinski definition) is 6. The van der Waals surface area contributed by atoms with E-state index in [4.69, 9.17) is 20.8 Å². The Labute approximate surface area is 159 Å². The van der Waals surface area contributed by atoms with Crippen molar-refractivity contribution in [3.05, 3.63) is 76.8 Å². The molecule has 7 nitrogen and oxygen atoms in total. The van der Waals surface area contributed by atoms with E-state index in [1.165, 1.54) is 19.5 Å². The van der Waals surface area contributed by atoms with Crippen LogP contribution in [0.15, 0.2) is 64.4 Å². The van der Waals surface area contributed by atoms with Gasteiger partial charge in [-0.05, 0) is 42.5 Å². The summed E-state index contributed by atoms with van der Waals surface area (Å²) in [6.07, 6.45) is 4.37. The molecule has 1 aromatic carbocycles. The van der Waals surface area contributed by atoms with Crippen molar-refractivity contribution in [2.24, 2.45) is 5.10 Å². The number of aromatic nitrogens is 1. The fraction of sp³-hybridized carbons (Fsp3) is 0.0526. The molecule has 1 N–H and O–H groups in total. The third-order valence-corrected chi connectivity index (χ3v) is 3.89. The SMILES string of the molecule is COC(=O)c1ccc(Cl)c(-c2ccc(/C=N/NC(=O)c3cccnc3)o2)c1. The van der Waals surface area contributed by atoms with Crippen LogP contribution in [0.2, 0.25) is 5.02 Å². The number of amides is 1. The van der Waals surface area contributed by atoms with Gasteiger partial charge in [-0.3, -0.25) is 9.78 Å². The molecule has 1 amide bonds. The topological polar surface area (TPSA) is 93.8 Å². The van der Waals surface area contributed by atoms with Crippen LogP contribution in [0, 0.1) is 0 Å². The van der Waals surface area contributed by atoms with Crippen molar-refractivity contribution in [2.45, 2.75) is 0 Å². The van der Waals surface area contributed by atoms with Gasteiger partial charge in [0.05, 0.1) is 29.5 Å². The van der Waals surface area contributed by atoms with Crippen molar-refractivity contribution < 1.29 is 18.7 Å². The molecular formula is C19H14ClN3O4. The summed E-state index contributed by atoms with van der Waals surface area (Å²) >= 11 is 6.19. The first-order valence-electron chi connectivity index (χ1n) is 7.80. The highest BCUT2D eigenvalue weighted by Crippen LogP contribution is 2.30. The average Bonchev–Trinajstić information content (AvgIpc) is 3.17. The lowest BCUT2D eigenvalue weighted by Gasteiger charge is -2.04. The molecule has 2 aromatic heterocycles. The van der Waals surface area contributed by atoms with Crippen LogP contribution >= 0.6 is 11.6 Å². The summed E-state index contributed by atoms with van der Waals surface area (Å²) in [5.74, 6) is -0.0128. The van der Waals surface area contributed by atoms with Crippen molar-refractivity contribution in [3.63, 3.8) is 0 Å². The van der Waals surface area contributed by atoms with Crippen molar-refractivity contribution in [1.29, 1.82) is 0 Å². The molecule has 0 radical (unpaired) electrons. The van der Waals surface area contributed by atoms with E-state index < -0.39 is 5.97 Å². The van der Waals surface area contributed by atoms with Gasteiger partial charge in [0, 0.05) is 18.0 Å². The summed E-state index contributed by atoms with van der Waals surface area (Å²) in [6.45, 7) is 0. The molecule has 0 aliphatic carbocycles. The minimum Gasteiger partial charge on any atom is -0.465 e. The molecule has 0 unspecified atom stereocenters. The van der Waals surface area contributed by atoms with E-state index in [1.807, 2.05) is 0 Å². The van der Waals surface area contributed by atoms with Crippen molar-refractivity contribution in [3.8, 4) is 11.3 Å². The first-order valence-corrected chi connectivity index (χ1v) is 8.18. The van der Waals surface area contributed by atoms with Gasteiger partial charge in [-0.15, -0.1) is 0 Å². The summed E-state index contributed by atoms with van der Waals surface area (Å²) in [5.41, 5.74) is 3.67. The fourth-order valence-electron chi connectivity index (χ4n) is 2.24. The number of furan rings is 1. The molecule has 0 saturated carbocycles. The smallest absolute Gasteiger partial charge is 0.337 e. The number of rotatable bonds is 5. The molecule has 0 aliphatic heterocycles. The first-order chi connectivity index (χ1) is 13.1. The molecule has 8 heteroatoms. The molecule has 3 aromatic rings. The predicted molar refractivity (Wildman–Crippen MR) is 99.8 cm³/mol. The Bertz CT molecular complexity index is 999. The lowest BCUT2D eigenvalue weighted by Crippen LogP contribution is -2.17. The predicted octanol–water partition coefficient (Wildman–Crippen LogP) is 3.55. The number of halogens is 1. The molecule has 0 bridgehead atoms. The molecule has 0 fully saturated rings.